The topological polar surface area (TPSA) is 83.2 Å². The largest absolute Gasteiger partial charge is 0.484 e. The number of aromatic nitrogens is 1. The SMILES string of the molecule is CCNC(=O)NC(=O)COc1ccc2c(c1)[nH]c1ccccc12. The molecular weight excluding hydrogens is 294 g/mol. The number of imide groups is 1. The van der Waals surface area contributed by atoms with Crippen LogP contribution in [0.5, 0.6) is 5.75 Å². The van der Waals surface area contributed by atoms with Gasteiger partial charge in [-0.1, -0.05) is 18.2 Å². The number of aromatic amines is 1. The van der Waals surface area contributed by atoms with Crippen LogP contribution in [0.4, 0.5) is 4.79 Å². The summed E-state index contributed by atoms with van der Waals surface area (Å²) < 4.78 is 5.44. The number of urea groups is 1. The Balaban J connectivity index is 1.70. The van der Waals surface area contributed by atoms with Gasteiger partial charge in [-0.15, -0.1) is 0 Å². The molecule has 1 heterocycles. The molecule has 0 unspecified atom stereocenters. The number of rotatable bonds is 4. The third-order valence-electron chi connectivity index (χ3n) is 3.44. The van der Waals surface area contributed by atoms with Crippen molar-refractivity contribution in [2.45, 2.75) is 6.92 Å². The van der Waals surface area contributed by atoms with Gasteiger partial charge in [0, 0.05) is 28.9 Å². The maximum absolute atomic E-state index is 11.6. The van der Waals surface area contributed by atoms with Crippen LogP contribution in [0.3, 0.4) is 0 Å². The molecule has 0 spiro atoms. The van der Waals surface area contributed by atoms with E-state index in [2.05, 4.69) is 21.7 Å². The molecule has 0 atom stereocenters. The summed E-state index contributed by atoms with van der Waals surface area (Å²) in [5.74, 6) is 0.0720. The maximum Gasteiger partial charge on any atom is 0.321 e. The highest BCUT2D eigenvalue weighted by Crippen LogP contribution is 2.28. The van der Waals surface area contributed by atoms with E-state index in [0.717, 1.165) is 21.8 Å². The number of H-pyrrole nitrogens is 1. The van der Waals surface area contributed by atoms with E-state index in [9.17, 15) is 9.59 Å². The van der Waals surface area contributed by atoms with Crippen molar-refractivity contribution in [1.82, 2.24) is 15.6 Å². The van der Waals surface area contributed by atoms with Gasteiger partial charge in [0.25, 0.3) is 5.91 Å². The Morgan fingerprint density at radius 2 is 1.87 bits per heavy atom. The summed E-state index contributed by atoms with van der Waals surface area (Å²) in [7, 11) is 0. The average molecular weight is 311 g/mol. The Bertz CT molecular complexity index is 870. The first kappa shape index (κ1) is 14.9. The smallest absolute Gasteiger partial charge is 0.321 e. The predicted octanol–water partition coefficient (Wildman–Crippen LogP) is 2.55. The molecule has 0 aliphatic heterocycles. The number of hydrogen-bond acceptors (Lipinski definition) is 3. The molecule has 23 heavy (non-hydrogen) atoms. The zero-order valence-electron chi connectivity index (χ0n) is 12.7. The highest BCUT2D eigenvalue weighted by atomic mass is 16.5. The number of amides is 3. The lowest BCUT2D eigenvalue weighted by Gasteiger charge is -2.07. The molecule has 6 heteroatoms. The molecule has 0 aliphatic rings. The monoisotopic (exact) mass is 311 g/mol. The van der Waals surface area contributed by atoms with Crippen molar-refractivity contribution in [1.29, 1.82) is 0 Å². The first-order chi connectivity index (χ1) is 11.2. The van der Waals surface area contributed by atoms with Crippen LogP contribution in [0.15, 0.2) is 42.5 Å². The van der Waals surface area contributed by atoms with Crippen molar-refractivity contribution in [3.8, 4) is 5.75 Å². The van der Waals surface area contributed by atoms with E-state index in [1.54, 1.807) is 6.92 Å². The molecule has 0 saturated heterocycles. The van der Waals surface area contributed by atoms with Crippen LogP contribution < -0.4 is 15.4 Å². The fourth-order valence-corrected chi connectivity index (χ4v) is 2.44. The molecule has 3 rings (SSSR count). The van der Waals surface area contributed by atoms with Crippen LogP contribution in [-0.2, 0) is 4.79 Å². The zero-order valence-corrected chi connectivity index (χ0v) is 12.7. The van der Waals surface area contributed by atoms with Crippen LogP contribution in [0.1, 0.15) is 6.92 Å². The Morgan fingerprint density at radius 1 is 1.09 bits per heavy atom. The van der Waals surface area contributed by atoms with Crippen LogP contribution in [0.2, 0.25) is 0 Å². The van der Waals surface area contributed by atoms with Gasteiger partial charge < -0.3 is 15.0 Å². The van der Waals surface area contributed by atoms with E-state index in [-0.39, 0.29) is 6.61 Å². The number of para-hydroxylation sites is 1. The number of hydrogen-bond donors (Lipinski definition) is 3. The van der Waals surface area contributed by atoms with Crippen molar-refractivity contribution < 1.29 is 14.3 Å². The first-order valence-corrected chi connectivity index (χ1v) is 7.38. The lowest BCUT2D eigenvalue weighted by Crippen LogP contribution is -2.41. The zero-order chi connectivity index (χ0) is 16.2. The van der Waals surface area contributed by atoms with Crippen molar-refractivity contribution >= 4 is 33.7 Å². The normalized spacial score (nSPS) is 10.7. The number of ether oxygens (including phenoxy) is 1. The average Bonchev–Trinajstić information content (AvgIpc) is 2.90. The molecule has 6 nitrogen and oxygen atoms in total. The summed E-state index contributed by atoms with van der Waals surface area (Å²) in [5, 5.41) is 6.91. The highest BCUT2D eigenvalue weighted by molar-refractivity contribution is 6.07. The lowest BCUT2D eigenvalue weighted by atomic mass is 10.1. The fraction of sp³-hybridized carbons (Fsp3) is 0.176. The second-order valence-electron chi connectivity index (χ2n) is 5.07. The van der Waals surface area contributed by atoms with Crippen LogP contribution in [0, 0.1) is 0 Å². The van der Waals surface area contributed by atoms with Crippen LogP contribution in [-0.4, -0.2) is 30.1 Å². The summed E-state index contributed by atoms with van der Waals surface area (Å²) in [6.07, 6.45) is 0. The summed E-state index contributed by atoms with van der Waals surface area (Å²) in [4.78, 5) is 26.1. The van der Waals surface area contributed by atoms with E-state index < -0.39 is 11.9 Å². The molecule has 3 N–H and O–H groups in total. The van der Waals surface area contributed by atoms with Crippen LogP contribution >= 0.6 is 0 Å². The summed E-state index contributed by atoms with van der Waals surface area (Å²) >= 11 is 0. The Labute approximate surface area is 132 Å². The molecule has 118 valence electrons. The summed E-state index contributed by atoms with van der Waals surface area (Å²) in [5.41, 5.74) is 1.99. The highest BCUT2D eigenvalue weighted by Gasteiger charge is 2.09. The van der Waals surface area contributed by atoms with E-state index in [0.29, 0.717) is 12.3 Å². The van der Waals surface area contributed by atoms with Gasteiger partial charge in [0.15, 0.2) is 6.61 Å². The molecule has 0 saturated carbocycles. The first-order valence-electron chi connectivity index (χ1n) is 7.38. The van der Waals surface area contributed by atoms with Gasteiger partial charge in [0.2, 0.25) is 0 Å². The fourth-order valence-electron chi connectivity index (χ4n) is 2.44. The quantitative estimate of drug-likeness (QED) is 0.692. The number of carbonyl (C=O) groups excluding carboxylic acids is 2. The second-order valence-corrected chi connectivity index (χ2v) is 5.07. The predicted molar refractivity (Wildman–Crippen MR) is 88.5 cm³/mol. The van der Waals surface area contributed by atoms with E-state index in [1.165, 1.54) is 0 Å². The minimum Gasteiger partial charge on any atom is -0.484 e. The molecule has 2 aromatic carbocycles. The minimum atomic E-state index is -0.521. The van der Waals surface area contributed by atoms with Gasteiger partial charge in [-0.3, -0.25) is 10.1 Å². The van der Waals surface area contributed by atoms with E-state index in [1.807, 2.05) is 36.4 Å². The van der Waals surface area contributed by atoms with Crippen LogP contribution in [0.25, 0.3) is 21.8 Å². The van der Waals surface area contributed by atoms with Gasteiger partial charge in [0.1, 0.15) is 5.75 Å². The molecule has 3 aromatic rings. The van der Waals surface area contributed by atoms with Gasteiger partial charge in [-0.2, -0.15) is 0 Å². The lowest BCUT2D eigenvalue weighted by molar-refractivity contribution is -0.122. The number of fused-ring (bicyclic) bond motifs is 3. The van der Waals surface area contributed by atoms with Gasteiger partial charge >= 0.3 is 6.03 Å². The molecule has 0 bridgehead atoms. The van der Waals surface area contributed by atoms with E-state index in [4.69, 9.17) is 4.74 Å². The molecular formula is C17H17N3O3. The summed E-state index contributed by atoms with van der Waals surface area (Å²) in [6, 6.07) is 13.1. The second kappa shape index (κ2) is 6.39. The van der Waals surface area contributed by atoms with Crippen molar-refractivity contribution in [3.63, 3.8) is 0 Å². The molecule has 0 radical (unpaired) electrons. The standard InChI is InChI=1S/C17H17N3O3/c1-2-18-17(22)20-16(21)10-23-11-7-8-13-12-5-3-4-6-14(12)19-15(13)9-11/h3-9,19H,2,10H2,1H3,(H2,18,20,21,22). The molecule has 0 fully saturated rings. The number of carbonyl (C=O) groups is 2. The Morgan fingerprint density at radius 3 is 2.70 bits per heavy atom. The van der Waals surface area contributed by atoms with Crippen molar-refractivity contribution in [2.24, 2.45) is 0 Å². The van der Waals surface area contributed by atoms with Crippen molar-refractivity contribution in [2.75, 3.05) is 13.2 Å². The Hall–Kier alpha value is -3.02. The third kappa shape index (κ3) is 3.26. The van der Waals surface area contributed by atoms with Gasteiger partial charge in [-0.05, 0) is 25.1 Å². The number of nitrogens with one attached hydrogen (secondary N) is 3. The minimum absolute atomic E-state index is 0.219. The molecule has 0 aliphatic carbocycles. The van der Waals surface area contributed by atoms with Gasteiger partial charge in [-0.25, -0.2) is 4.79 Å². The number of benzene rings is 2. The molecule has 3 amide bonds. The molecule has 1 aromatic heterocycles. The van der Waals surface area contributed by atoms with Gasteiger partial charge in [0.05, 0.1) is 5.52 Å². The van der Waals surface area contributed by atoms with E-state index >= 15 is 0 Å². The Kier molecular flexibility index (Phi) is 4.14. The maximum atomic E-state index is 11.6. The summed E-state index contributed by atoms with van der Waals surface area (Å²) in [6.45, 7) is 2.01. The van der Waals surface area contributed by atoms with Crippen molar-refractivity contribution in [3.05, 3.63) is 42.5 Å². The third-order valence-corrected chi connectivity index (χ3v) is 3.44.